The second kappa shape index (κ2) is 4.55. The highest BCUT2D eigenvalue weighted by Crippen LogP contribution is 2.24. The maximum Gasteiger partial charge on any atom is 0.229 e. The number of hydrogen-bond acceptors (Lipinski definition) is 2. The molecule has 4 heteroatoms. The zero-order valence-corrected chi connectivity index (χ0v) is 11.6. The van der Waals surface area contributed by atoms with Crippen LogP contribution >= 0.6 is 31.9 Å². The summed E-state index contributed by atoms with van der Waals surface area (Å²) < 4.78 is 6.80. The van der Waals surface area contributed by atoms with Gasteiger partial charge in [-0.3, -0.25) is 4.79 Å². The molecule has 0 aliphatic carbocycles. The van der Waals surface area contributed by atoms with E-state index in [1.807, 2.05) is 19.1 Å². The number of furan rings is 1. The van der Waals surface area contributed by atoms with Crippen LogP contribution in [-0.2, 0) is 0 Å². The maximum absolute atomic E-state index is 12.1. The summed E-state index contributed by atoms with van der Waals surface area (Å²) in [6.07, 6.45) is 1.49. The van der Waals surface area contributed by atoms with Crippen molar-refractivity contribution >= 4 is 37.6 Å². The molecule has 2 nitrogen and oxygen atoms in total. The molecule has 1 heterocycles. The molecule has 0 unspecified atom stereocenters. The van der Waals surface area contributed by atoms with Crippen LogP contribution in [0.25, 0.3) is 0 Å². The van der Waals surface area contributed by atoms with Crippen LogP contribution in [0.15, 0.2) is 43.9 Å². The summed E-state index contributed by atoms with van der Waals surface area (Å²) in [6, 6.07) is 7.25. The Morgan fingerprint density at radius 1 is 1.25 bits per heavy atom. The lowest BCUT2D eigenvalue weighted by Gasteiger charge is -2.03. The fraction of sp³-hybridized carbons (Fsp3) is 0.0833. The Bertz CT molecular complexity index is 544. The normalized spacial score (nSPS) is 10.4. The van der Waals surface area contributed by atoms with E-state index in [2.05, 4.69) is 31.9 Å². The van der Waals surface area contributed by atoms with Crippen molar-refractivity contribution < 1.29 is 9.21 Å². The fourth-order valence-corrected chi connectivity index (χ4v) is 2.32. The molecule has 0 bridgehead atoms. The molecule has 0 fully saturated rings. The summed E-state index contributed by atoms with van der Waals surface area (Å²) in [7, 11) is 0. The van der Waals surface area contributed by atoms with Gasteiger partial charge in [-0.1, -0.05) is 15.9 Å². The van der Waals surface area contributed by atoms with Crippen molar-refractivity contribution in [1.29, 1.82) is 0 Å². The Kier molecular flexibility index (Phi) is 3.30. The van der Waals surface area contributed by atoms with Crippen molar-refractivity contribution in [2.24, 2.45) is 0 Å². The second-order valence-corrected chi connectivity index (χ2v) is 5.16. The topological polar surface area (TPSA) is 30.2 Å². The highest BCUT2D eigenvalue weighted by molar-refractivity contribution is 9.10. The van der Waals surface area contributed by atoms with E-state index in [4.69, 9.17) is 4.42 Å². The first-order valence-corrected chi connectivity index (χ1v) is 6.22. The summed E-state index contributed by atoms with van der Waals surface area (Å²) in [4.78, 5) is 12.1. The lowest BCUT2D eigenvalue weighted by molar-refractivity contribution is 0.101. The fourth-order valence-electron chi connectivity index (χ4n) is 1.46. The molecule has 0 radical (unpaired) electrons. The number of carbonyl (C=O) groups excluding carboxylic acids is 1. The smallest absolute Gasteiger partial charge is 0.229 e. The third kappa shape index (κ3) is 2.13. The van der Waals surface area contributed by atoms with Gasteiger partial charge in [-0.05, 0) is 52.7 Å². The predicted octanol–water partition coefficient (Wildman–Crippen LogP) is 4.34. The summed E-state index contributed by atoms with van der Waals surface area (Å²) >= 11 is 6.64. The standard InChI is InChI=1S/C12H8Br2O2/c1-7-6-8(13)2-3-9(7)11(15)12-10(14)4-5-16-12/h2-6H,1H3. The third-order valence-electron chi connectivity index (χ3n) is 2.26. The van der Waals surface area contributed by atoms with Crippen molar-refractivity contribution in [3.63, 3.8) is 0 Å². The van der Waals surface area contributed by atoms with Crippen LogP contribution in [0.2, 0.25) is 0 Å². The number of halogens is 2. The Morgan fingerprint density at radius 2 is 2.00 bits per heavy atom. The van der Waals surface area contributed by atoms with E-state index >= 15 is 0 Å². The van der Waals surface area contributed by atoms with E-state index in [0.717, 1.165) is 10.0 Å². The van der Waals surface area contributed by atoms with E-state index in [9.17, 15) is 4.79 Å². The largest absolute Gasteiger partial charge is 0.460 e. The van der Waals surface area contributed by atoms with E-state index < -0.39 is 0 Å². The molecule has 0 amide bonds. The van der Waals surface area contributed by atoms with Gasteiger partial charge in [0.05, 0.1) is 10.7 Å². The van der Waals surface area contributed by atoms with Gasteiger partial charge < -0.3 is 4.42 Å². The molecule has 0 aliphatic rings. The number of aryl methyl sites for hydroxylation is 1. The predicted molar refractivity (Wildman–Crippen MR) is 68.7 cm³/mol. The van der Waals surface area contributed by atoms with Gasteiger partial charge in [-0.15, -0.1) is 0 Å². The van der Waals surface area contributed by atoms with Crippen molar-refractivity contribution in [1.82, 2.24) is 0 Å². The Balaban J connectivity index is 2.46. The molecular formula is C12H8Br2O2. The van der Waals surface area contributed by atoms with Crippen molar-refractivity contribution in [3.8, 4) is 0 Å². The van der Waals surface area contributed by atoms with E-state index in [0.29, 0.717) is 15.8 Å². The minimum absolute atomic E-state index is 0.109. The van der Waals surface area contributed by atoms with E-state index in [-0.39, 0.29) is 5.78 Å². The van der Waals surface area contributed by atoms with Crippen molar-refractivity contribution in [3.05, 3.63) is 56.4 Å². The minimum atomic E-state index is -0.109. The lowest BCUT2D eigenvalue weighted by atomic mass is 10.0. The Morgan fingerprint density at radius 3 is 2.56 bits per heavy atom. The number of hydrogen-bond donors (Lipinski definition) is 0. The van der Waals surface area contributed by atoms with Gasteiger partial charge >= 0.3 is 0 Å². The lowest BCUT2D eigenvalue weighted by Crippen LogP contribution is -2.02. The van der Waals surface area contributed by atoms with E-state index in [1.165, 1.54) is 6.26 Å². The minimum Gasteiger partial charge on any atom is -0.460 e. The van der Waals surface area contributed by atoms with Crippen LogP contribution in [0.5, 0.6) is 0 Å². The maximum atomic E-state index is 12.1. The quantitative estimate of drug-likeness (QED) is 0.759. The number of carbonyl (C=O) groups is 1. The molecule has 1 aromatic heterocycles. The highest BCUT2D eigenvalue weighted by atomic mass is 79.9. The molecule has 0 saturated carbocycles. The molecule has 2 rings (SSSR count). The SMILES string of the molecule is Cc1cc(Br)ccc1C(=O)c1occc1Br. The molecule has 0 atom stereocenters. The number of rotatable bonds is 2. The van der Waals surface area contributed by atoms with Crippen molar-refractivity contribution in [2.45, 2.75) is 6.92 Å². The van der Waals surface area contributed by atoms with Crippen LogP contribution < -0.4 is 0 Å². The Hall–Kier alpha value is -0.870. The molecule has 1 aromatic carbocycles. The first-order chi connectivity index (χ1) is 7.59. The van der Waals surface area contributed by atoms with Crippen LogP contribution in [0, 0.1) is 6.92 Å². The zero-order chi connectivity index (χ0) is 11.7. The van der Waals surface area contributed by atoms with Gasteiger partial charge in [0, 0.05) is 10.0 Å². The van der Waals surface area contributed by atoms with Gasteiger partial charge in [0.25, 0.3) is 0 Å². The molecule has 0 spiro atoms. The number of benzene rings is 1. The molecular weight excluding hydrogens is 336 g/mol. The first kappa shape index (κ1) is 11.6. The molecule has 2 aromatic rings. The zero-order valence-electron chi connectivity index (χ0n) is 8.46. The van der Waals surface area contributed by atoms with E-state index in [1.54, 1.807) is 12.1 Å². The molecule has 0 aliphatic heterocycles. The average molecular weight is 344 g/mol. The average Bonchev–Trinajstić information content (AvgIpc) is 2.63. The summed E-state index contributed by atoms with van der Waals surface area (Å²) in [5, 5.41) is 0. The molecule has 0 N–H and O–H groups in total. The van der Waals surface area contributed by atoms with Gasteiger partial charge in [0.1, 0.15) is 0 Å². The summed E-state index contributed by atoms with van der Waals surface area (Å²) in [5.41, 5.74) is 1.57. The summed E-state index contributed by atoms with van der Waals surface area (Å²) in [5.74, 6) is 0.229. The van der Waals surface area contributed by atoms with Gasteiger partial charge in [0.15, 0.2) is 5.76 Å². The van der Waals surface area contributed by atoms with Crippen LogP contribution in [0.1, 0.15) is 21.7 Å². The second-order valence-electron chi connectivity index (χ2n) is 3.39. The summed E-state index contributed by atoms with van der Waals surface area (Å²) in [6.45, 7) is 1.90. The Labute approximate surface area is 110 Å². The first-order valence-electron chi connectivity index (χ1n) is 4.63. The van der Waals surface area contributed by atoms with Gasteiger partial charge in [-0.2, -0.15) is 0 Å². The van der Waals surface area contributed by atoms with Crippen molar-refractivity contribution in [2.75, 3.05) is 0 Å². The molecule has 82 valence electrons. The van der Waals surface area contributed by atoms with Gasteiger partial charge in [-0.25, -0.2) is 0 Å². The molecule has 16 heavy (non-hydrogen) atoms. The van der Waals surface area contributed by atoms with Crippen LogP contribution in [0.4, 0.5) is 0 Å². The van der Waals surface area contributed by atoms with Gasteiger partial charge in [0.2, 0.25) is 5.78 Å². The molecule has 0 saturated heterocycles. The third-order valence-corrected chi connectivity index (χ3v) is 3.37. The monoisotopic (exact) mass is 342 g/mol. The number of ketones is 1. The van der Waals surface area contributed by atoms with Crippen LogP contribution in [0.3, 0.4) is 0 Å². The van der Waals surface area contributed by atoms with Crippen LogP contribution in [-0.4, -0.2) is 5.78 Å². The highest BCUT2D eigenvalue weighted by Gasteiger charge is 2.17.